The number of esters is 1. The van der Waals surface area contributed by atoms with Crippen LogP contribution in [0.2, 0.25) is 5.02 Å². The summed E-state index contributed by atoms with van der Waals surface area (Å²) in [6, 6.07) is 13.1. The quantitative estimate of drug-likeness (QED) is 0.605. The second-order valence-corrected chi connectivity index (χ2v) is 8.31. The molecule has 0 aliphatic rings. The highest BCUT2D eigenvalue weighted by molar-refractivity contribution is 7.90. The van der Waals surface area contributed by atoms with Crippen molar-refractivity contribution >= 4 is 49.1 Å². The molecule has 26 heavy (non-hydrogen) atoms. The van der Waals surface area contributed by atoms with E-state index in [2.05, 4.69) is 4.40 Å². The molecule has 0 unspecified atom stereocenters. The van der Waals surface area contributed by atoms with Crippen LogP contribution < -0.4 is 4.80 Å². The van der Waals surface area contributed by atoms with Crippen molar-refractivity contribution in [2.45, 2.75) is 18.4 Å². The van der Waals surface area contributed by atoms with E-state index in [1.165, 1.54) is 35.6 Å². The maximum Gasteiger partial charge on any atom is 0.326 e. The second kappa shape index (κ2) is 7.61. The molecule has 0 aliphatic heterocycles. The van der Waals surface area contributed by atoms with Crippen molar-refractivity contribution in [3.8, 4) is 0 Å². The van der Waals surface area contributed by atoms with Crippen LogP contribution in [0.5, 0.6) is 0 Å². The van der Waals surface area contributed by atoms with Crippen LogP contribution in [-0.4, -0.2) is 25.6 Å². The van der Waals surface area contributed by atoms with Gasteiger partial charge in [0.25, 0.3) is 10.0 Å². The standard InChI is InChI=1S/C17H15ClN2O4S2/c1-2-24-16(21)11-20-14-5-3-4-6-15(14)25-17(20)19-26(22,23)13-9-7-12(18)8-10-13/h3-10H,2,11H2,1H3. The smallest absolute Gasteiger partial charge is 0.326 e. The summed E-state index contributed by atoms with van der Waals surface area (Å²) in [6.45, 7) is 1.84. The summed E-state index contributed by atoms with van der Waals surface area (Å²) in [4.78, 5) is 12.2. The van der Waals surface area contributed by atoms with E-state index in [9.17, 15) is 13.2 Å². The van der Waals surface area contributed by atoms with E-state index in [0.717, 1.165) is 10.2 Å². The second-order valence-electron chi connectivity index (χ2n) is 5.26. The Bertz CT molecular complexity index is 1120. The molecule has 1 aromatic heterocycles. The first-order chi connectivity index (χ1) is 12.4. The minimum Gasteiger partial charge on any atom is -0.465 e. The van der Waals surface area contributed by atoms with Gasteiger partial charge in [-0.2, -0.15) is 8.42 Å². The SMILES string of the molecule is CCOC(=O)Cn1c(=NS(=O)(=O)c2ccc(Cl)cc2)sc2ccccc21. The Morgan fingerprint density at radius 2 is 1.88 bits per heavy atom. The number of carbonyl (C=O) groups excluding carboxylic acids is 1. The summed E-state index contributed by atoms with van der Waals surface area (Å²) in [5.74, 6) is -0.457. The number of fused-ring (bicyclic) bond motifs is 1. The number of benzene rings is 2. The Balaban J connectivity index is 2.15. The summed E-state index contributed by atoms with van der Waals surface area (Å²) in [5, 5.41) is 0.434. The van der Waals surface area contributed by atoms with Gasteiger partial charge in [0.2, 0.25) is 4.80 Å². The Kier molecular flexibility index (Phi) is 5.45. The lowest BCUT2D eigenvalue weighted by molar-refractivity contribution is -0.143. The Hall–Kier alpha value is -2.16. The number of thiazole rings is 1. The fraction of sp³-hybridized carbons (Fsp3) is 0.176. The summed E-state index contributed by atoms with van der Waals surface area (Å²) in [7, 11) is -3.94. The van der Waals surface area contributed by atoms with Crippen LogP contribution in [0.25, 0.3) is 10.2 Å². The number of hydrogen-bond donors (Lipinski definition) is 0. The Morgan fingerprint density at radius 1 is 1.19 bits per heavy atom. The summed E-state index contributed by atoms with van der Waals surface area (Å²) < 4.78 is 36.5. The van der Waals surface area contributed by atoms with E-state index in [4.69, 9.17) is 16.3 Å². The Labute approximate surface area is 159 Å². The number of para-hydroxylation sites is 1. The van der Waals surface area contributed by atoms with Crippen LogP contribution in [0.4, 0.5) is 0 Å². The van der Waals surface area contributed by atoms with Crippen LogP contribution >= 0.6 is 22.9 Å². The normalized spacial score (nSPS) is 12.5. The van der Waals surface area contributed by atoms with Gasteiger partial charge < -0.3 is 9.30 Å². The summed E-state index contributed by atoms with van der Waals surface area (Å²) >= 11 is 7.00. The molecule has 0 saturated heterocycles. The first-order valence-corrected chi connectivity index (χ1v) is 10.3. The van der Waals surface area contributed by atoms with Crippen LogP contribution in [-0.2, 0) is 26.1 Å². The number of hydrogen-bond acceptors (Lipinski definition) is 5. The van der Waals surface area contributed by atoms with Crippen molar-refractivity contribution in [3.63, 3.8) is 0 Å². The Morgan fingerprint density at radius 3 is 2.58 bits per heavy atom. The third kappa shape index (κ3) is 3.98. The van der Waals surface area contributed by atoms with Crippen LogP contribution in [0, 0.1) is 0 Å². The molecular formula is C17H15ClN2O4S2. The molecule has 2 aromatic carbocycles. The highest BCUT2D eigenvalue weighted by Crippen LogP contribution is 2.19. The molecule has 6 nitrogen and oxygen atoms in total. The maximum atomic E-state index is 12.6. The molecular weight excluding hydrogens is 396 g/mol. The number of aromatic nitrogens is 1. The molecule has 0 saturated carbocycles. The van der Waals surface area contributed by atoms with Gasteiger partial charge in [0.05, 0.1) is 21.7 Å². The molecule has 1 heterocycles. The molecule has 0 fully saturated rings. The van der Waals surface area contributed by atoms with Gasteiger partial charge in [-0.3, -0.25) is 4.79 Å². The fourth-order valence-corrected chi connectivity index (χ4v) is 4.70. The number of sulfonamides is 1. The first kappa shape index (κ1) is 18.6. The monoisotopic (exact) mass is 410 g/mol. The zero-order chi connectivity index (χ0) is 18.7. The molecule has 0 atom stereocenters. The summed E-state index contributed by atoms with van der Waals surface area (Å²) in [6.07, 6.45) is 0. The number of halogens is 1. The molecule has 3 rings (SSSR count). The van der Waals surface area contributed by atoms with Crippen molar-refractivity contribution in [2.24, 2.45) is 4.40 Å². The molecule has 3 aromatic rings. The van der Waals surface area contributed by atoms with E-state index in [-0.39, 0.29) is 22.8 Å². The zero-order valence-corrected chi connectivity index (χ0v) is 16.1. The lowest BCUT2D eigenvalue weighted by Gasteiger charge is -2.05. The average Bonchev–Trinajstić information content (AvgIpc) is 2.92. The highest BCUT2D eigenvalue weighted by atomic mass is 35.5. The van der Waals surface area contributed by atoms with E-state index in [0.29, 0.717) is 5.02 Å². The third-order valence-corrected chi connectivity index (χ3v) is 6.20. The largest absolute Gasteiger partial charge is 0.465 e. The molecule has 0 amide bonds. The van der Waals surface area contributed by atoms with E-state index < -0.39 is 16.0 Å². The first-order valence-electron chi connectivity index (χ1n) is 7.71. The molecule has 9 heteroatoms. The van der Waals surface area contributed by atoms with Gasteiger partial charge in [-0.25, -0.2) is 0 Å². The van der Waals surface area contributed by atoms with Crippen LogP contribution in [0.15, 0.2) is 57.8 Å². The van der Waals surface area contributed by atoms with Gasteiger partial charge in [-0.1, -0.05) is 35.1 Å². The molecule has 0 bridgehead atoms. The van der Waals surface area contributed by atoms with Crippen LogP contribution in [0.1, 0.15) is 6.92 Å². The van der Waals surface area contributed by atoms with Crippen molar-refractivity contribution in [1.29, 1.82) is 0 Å². The predicted octanol–water partition coefficient (Wildman–Crippen LogP) is 3.21. The lowest BCUT2D eigenvalue weighted by Crippen LogP contribution is -2.23. The van der Waals surface area contributed by atoms with Crippen molar-refractivity contribution in [3.05, 3.63) is 58.4 Å². The number of carbonyl (C=O) groups is 1. The van der Waals surface area contributed by atoms with Crippen LogP contribution in [0.3, 0.4) is 0 Å². The average molecular weight is 411 g/mol. The third-order valence-electron chi connectivity index (χ3n) is 3.49. The number of ether oxygens (including phenoxy) is 1. The molecule has 0 spiro atoms. The van der Waals surface area contributed by atoms with Gasteiger partial charge >= 0.3 is 5.97 Å². The van der Waals surface area contributed by atoms with Gasteiger partial charge in [0, 0.05) is 5.02 Å². The maximum absolute atomic E-state index is 12.6. The zero-order valence-electron chi connectivity index (χ0n) is 13.8. The van der Waals surface area contributed by atoms with Gasteiger partial charge in [0.15, 0.2) is 0 Å². The highest BCUT2D eigenvalue weighted by Gasteiger charge is 2.16. The molecule has 136 valence electrons. The van der Waals surface area contributed by atoms with E-state index >= 15 is 0 Å². The molecule has 0 N–H and O–H groups in total. The van der Waals surface area contributed by atoms with Crippen molar-refractivity contribution < 1.29 is 17.9 Å². The number of rotatable bonds is 5. The number of nitrogens with zero attached hydrogens (tertiary/aromatic N) is 2. The minimum absolute atomic E-state index is 0.0297. The van der Waals surface area contributed by atoms with Gasteiger partial charge in [0.1, 0.15) is 6.54 Å². The molecule has 0 aliphatic carbocycles. The predicted molar refractivity (Wildman–Crippen MR) is 101 cm³/mol. The van der Waals surface area contributed by atoms with E-state index in [1.807, 2.05) is 18.2 Å². The minimum atomic E-state index is -3.94. The van der Waals surface area contributed by atoms with E-state index in [1.54, 1.807) is 17.6 Å². The van der Waals surface area contributed by atoms with Gasteiger partial charge in [-0.15, -0.1) is 4.40 Å². The van der Waals surface area contributed by atoms with Crippen molar-refractivity contribution in [2.75, 3.05) is 6.61 Å². The fourth-order valence-electron chi connectivity index (χ4n) is 2.34. The topological polar surface area (TPSA) is 77.7 Å². The van der Waals surface area contributed by atoms with Gasteiger partial charge in [-0.05, 0) is 43.3 Å². The lowest BCUT2D eigenvalue weighted by atomic mass is 10.3. The van der Waals surface area contributed by atoms with Crippen molar-refractivity contribution in [1.82, 2.24) is 4.57 Å². The molecule has 0 radical (unpaired) electrons. The summed E-state index contributed by atoms with van der Waals surface area (Å²) in [5.41, 5.74) is 0.718.